The minimum absolute atomic E-state index is 0.175. The molecule has 70 heavy (non-hydrogen) atoms. The molecule has 0 saturated carbocycles. The van der Waals surface area contributed by atoms with Crippen LogP contribution in [0.3, 0.4) is 0 Å². The summed E-state index contributed by atoms with van der Waals surface area (Å²) in [4.78, 5) is 2.64. The molecule has 0 fully saturated rings. The molecule has 12 aromatic rings. The van der Waals surface area contributed by atoms with Crippen molar-refractivity contribution in [2.24, 2.45) is 0 Å². The van der Waals surface area contributed by atoms with Gasteiger partial charge in [0.2, 0.25) is 0 Å². The standard InChI is InChI=1S/C68H48N2/c1-6-17-45(18-7-1)61-39-40-62(46-19-8-2-9-20-46)69(61)53-34-38-58-59(43-53)66(49-25-14-5-15-26-49)57-37-33-54(70-63(47-21-10-3-11-22-47)41-42-64(70)48-23-12-4-13-24-48)44-60(57)68(58)56-36-32-52-30-29-50-27-16-28-51-31-35-55(56)67(52)65(50)51/h1-12,14-23,25-40,42-44,63H,13,24,41H2. The maximum Gasteiger partial charge on any atom is 0.0626 e. The van der Waals surface area contributed by atoms with Gasteiger partial charge in [-0.25, -0.2) is 0 Å². The number of nitrogens with zero attached hydrogens (tertiary/aromatic N) is 2. The van der Waals surface area contributed by atoms with Gasteiger partial charge in [0.25, 0.3) is 0 Å². The largest absolute Gasteiger partial charge is 0.334 e. The average molecular weight is 893 g/mol. The molecular weight excluding hydrogens is 845 g/mol. The zero-order valence-corrected chi connectivity index (χ0v) is 38.8. The smallest absolute Gasteiger partial charge is 0.0626 e. The number of anilines is 1. The second-order valence-corrected chi connectivity index (χ2v) is 19.0. The second kappa shape index (κ2) is 16.5. The first-order valence-corrected chi connectivity index (χ1v) is 24.7. The number of aromatic nitrogens is 1. The summed E-state index contributed by atoms with van der Waals surface area (Å²) < 4.78 is 2.46. The molecule has 1 aliphatic carbocycles. The summed E-state index contributed by atoms with van der Waals surface area (Å²) in [5.41, 5.74) is 16.0. The van der Waals surface area contributed by atoms with Crippen molar-refractivity contribution in [3.63, 3.8) is 0 Å². The van der Waals surface area contributed by atoms with Crippen LogP contribution in [0, 0.1) is 0 Å². The summed E-state index contributed by atoms with van der Waals surface area (Å²) in [5.74, 6) is 0. The van der Waals surface area contributed by atoms with Crippen LogP contribution < -0.4 is 4.90 Å². The highest BCUT2D eigenvalue weighted by Crippen LogP contribution is 2.51. The molecule has 1 aliphatic heterocycles. The first-order chi connectivity index (χ1) is 34.7. The average Bonchev–Trinajstić information content (AvgIpc) is 4.09. The minimum Gasteiger partial charge on any atom is -0.334 e. The first kappa shape index (κ1) is 40.4. The number of fused-ring (bicyclic) bond motifs is 2. The van der Waals surface area contributed by atoms with Gasteiger partial charge in [-0.2, -0.15) is 0 Å². The van der Waals surface area contributed by atoms with Gasteiger partial charge in [0.1, 0.15) is 0 Å². The fraction of sp³-hybridized carbons (Fsp3) is 0.0588. The third-order valence-electron chi connectivity index (χ3n) is 15.1. The Morgan fingerprint density at radius 3 is 1.64 bits per heavy atom. The minimum atomic E-state index is 0.175. The van der Waals surface area contributed by atoms with Crippen LogP contribution in [0.1, 0.15) is 30.9 Å². The topological polar surface area (TPSA) is 8.17 Å². The molecule has 1 atom stereocenters. The molecule has 1 aromatic heterocycles. The predicted molar refractivity (Wildman–Crippen MR) is 297 cm³/mol. The van der Waals surface area contributed by atoms with E-state index in [0.29, 0.717) is 0 Å². The number of rotatable bonds is 8. The highest BCUT2D eigenvalue weighted by molar-refractivity contribution is 6.29. The Hall–Kier alpha value is -8.72. The van der Waals surface area contributed by atoms with Crippen molar-refractivity contribution in [3.8, 4) is 50.5 Å². The normalized spacial score (nSPS) is 14.9. The molecule has 2 aliphatic rings. The van der Waals surface area contributed by atoms with Crippen molar-refractivity contribution in [1.82, 2.24) is 4.57 Å². The van der Waals surface area contributed by atoms with Crippen molar-refractivity contribution in [3.05, 3.63) is 266 Å². The molecule has 0 bridgehead atoms. The van der Waals surface area contributed by atoms with Crippen molar-refractivity contribution in [2.45, 2.75) is 25.3 Å². The van der Waals surface area contributed by atoms with Crippen LogP contribution in [0.15, 0.2) is 260 Å². The summed E-state index contributed by atoms with van der Waals surface area (Å²) in [6.07, 6.45) is 12.4. The van der Waals surface area contributed by atoms with Gasteiger partial charge in [0, 0.05) is 17.1 Å². The Kier molecular flexibility index (Phi) is 9.52. The summed E-state index contributed by atoms with van der Waals surface area (Å²) in [7, 11) is 0. The van der Waals surface area contributed by atoms with E-state index in [2.05, 4.69) is 258 Å². The molecule has 330 valence electrons. The molecule has 2 heterocycles. The molecule has 2 nitrogen and oxygen atoms in total. The third-order valence-corrected chi connectivity index (χ3v) is 15.1. The summed E-state index contributed by atoms with van der Waals surface area (Å²) in [6, 6.07) is 84.0. The highest BCUT2D eigenvalue weighted by atomic mass is 15.2. The molecule has 14 rings (SSSR count). The zero-order chi connectivity index (χ0) is 46.1. The van der Waals surface area contributed by atoms with E-state index < -0.39 is 0 Å². The van der Waals surface area contributed by atoms with Crippen molar-refractivity contribution < 1.29 is 0 Å². The number of hydrogen-bond donors (Lipinski definition) is 0. The fourth-order valence-electron chi connectivity index (χ4n) is 12.0. The molecule has 0 amide bonds. The maximum atomic E-state index is 2.64. The van der Waals surface area contributed by atoms with Crippen LogP contribution >= 0.6 is 0 Å². The van der Waals surface area contributed by atoms with E-state index in [1.54, 1.807) is 0 Å². The Labute approximate surface area is 408 Å². The quantitative estimate of drug-likeness (QED) is 0.109. The van der Waals surface area contributed by atoms with Gasteiger partial charge in [0.05, 0.1) is 17.4 Å². The van der Waals surface area contributed by atoms with Crippen molar-refractivity contribution in [1.29, 1.82) is 0 Å². The first-order valence-electron chi connectivity index (χ1n) is 24.7. The van der Waals surface area contributed by atoms with Gasteiger partial charge >= 0.3 is 0 Å². The van der Waals surface area contributed by atoms with Gasteiger partial charge in [-0.1, -0.05) is 212 Å². The van der Waals surface area contributed by atoms with E-state index in [1.165, 1.54) is 110 Å². The lowest BCUT2D eigenvalue weighted by Gasteiger charge is -2.33. The Morgan fingerprint density at radius 2 is 0.971 bits per heavy atom. The number of benzene rings is 11. The lowest BCUT2D eigenvalue weighted by Crippen LogP contribution is -2.24. The molecule has 0 N–H and O–H groups in total. The zero-order valence-electron chi connectivity index (χ0n) is 38.8. The van der Waals surface area contributed by atoms with Crippen LogP contribution in [0.2, 0.25) is 0 Å². The van der Waals surface area contributed by atoms with Gasteiger partial charge < -0.3 is 9.47 Å². The van der Waals surface area contributed by atoms with Gasteiger partial charge in [-0.05, 0) is 154 Å². The highest BCUT2D eigenvalue weighted by Gasteiger charge is 2.32. The van der Waals surface area contributed by atoms with Gasteiger partial charge in [-0.15, -0.1) is 0 Å². The summed E-state index contributed by atoms with van der Waals surface area (Å²) >= 11 is 0. The van der Waals surface area contributed by atoms with Crippen LogP contribution in [0.25, 0.3) is 104 Å². The number of allylic oxidation sites excluding steroid dienone is 4. The van der Waals surface area contributed by atoms with E-state index in [4.69, 9.17) is 0 Å². The van der Waals surface area contributed by atoms with E-state index in [9.17, 15) is 0 Å². The lowest BCUT2D eigenvalue weighted by atomic mass is 9.83. The van der Waals surface area contributed by atoms with E-state index in [-0.39, 0.29) is 6.04 Å². The van der Waals surface area contributed by atoms with Crippen LogP contribution in [0.4, 0.5) is 5.69 Å². The predicted octanol–water partition coefficient (Wildman–Crippen LogP) is 18.5. The SMILES string of the molecule is C1=CCCC(C2=CCC(c3ccccc3)N2c2ccc3c(-c4ccccc4)c4cc(-n5c(-c6ccccc6)ccc5-c5ccccc5)ccc4c(-c4ccc5ccc6cccc7ccc4c5c67)c3c2)=C1. The van der Waals surface area contributed by atoms with E-state index in [0.717, 1.165) is 36.3 Å². The summed E-state index contributed by atoms with van der Waals surface area (Å²) in [6.45, 7) is 0. The summed E-state index contributed by atoms with van der Waals surface area (Å²) in [5, 5.41) is 12.7. The molecular formula is C68H48N2. The van der Waals surface area contributed by atoms with Crippen LogP contribution in [-0.4, -0.2) is 4.57 Å². The Morgan fingerprint density at radius 1 is 0.414 bits per heavy atom. The van der Waals surface area contributed by atoms with Crippen molar-refractivity contribution in [2.75, 3.05) is 4.90 Å². The molecule has 2 heteroatoms. The Balaban J connectivity index is 1.10. The van der Waals surface area contributed by atoms with Gasteiger partial charge in [-0.3, -0.25) is 0 Å². The lowest BCUT2D eigenvalue weighted by molar-refractivity contribution is 0.729. The third kappa shape index (κ3) is 6.48. The molecule has 1 unspecified atom stereocenters. The van der Waals surface area contributed by atoms with Crippen LogP contribution in [-0.2, 0) is 0 Å². The van der Waals surface area contributed by atoms with E-state index in [1.807, 2.05) is 0 Å². The van der Waals surface area contributed by atoms with Crippen molar-refractivity contribution >= 4 is 59.5 Å². The monoisotopic (exact) mass is 892 g/mol. The molecule has 0 saturated heterocycles. The Bertz CT molecular complexity index is 3990. The van der Waals surface area contributed by atoms with E-state index >= 15 is 0 Å². The molecule has 0 radical (unpaired) electrons. The molecule has 11 aromatic carbocycles. The van der Waals surface area contributed by atoms with Gasteiger partial charge in [0.15, 0.2) is 0 Å². The molecule has 0 spiro atoms. The maximum absolute atomic E-state index is 2.64. The number of hydrogen-bond acceptors (Lipinski definition) is 1. The van der Waals surface area contributed by atoms with Crippen LogP contribution in [0.5, 0.6) is 0 Å². The fourth-order valence-corrected chi connectivity index (χ4v) is 12.0. The second-order valence-electron chi connectivity index (χ2n) is 19.0.